The zero-order chi connectivity index (χ0) is 12.3. The highest BCUT2D eigenvalue weighted by Gasteiger charge is 2.35. The van der Waals surface area contributed by atoms with Gasteiger partial charge in [0, 0.05) is 0 Å². The molecule has 94 valence electrons. The first kappa shape index (κ1) is 12.0. The number of carbonyl (C=O) groups is 1. The molecule has 0 aliphatic heterocycles. The van der Waals surface area contributed by atoms with E-state index in [1.165, 1.54) is 0 Å². The Hall–Kier alpha value is -1.50. The van der Waals surface area contributed by atoms with Gasteiger partial charge in [-0.3, -0.25) is 4.79 Å². The lowest BCUT2D eigenvalue weighted by atomic mass is 9.77. The van der Waals surface area contributed by atoms with Gasteiger partial charge in [-0.1, -0.05) is 6.92 Å². The standard InChI is InChI=1S/C10H17N5O2/c1-7-2-4-10(6-16,5-3-7)11-9(17)8-12-14-15-13-8/h7,16H,2-6H2,1H3,(H,11,17)(H,12,13,14,15). The lowest BCUT2D eigenvalue weighted by Gasteiger charge is -2.38. The second-order valence-electron chi connectivity index (χ2n) is 4.81. The van der Waals surface area contributed by atoms with Crippen LogP contribution in [0.15, 0.2) is 0 Å². The van der Waals surface area contributed by atoms with Crippen LogP contribution < -0.4 is 5.32 Å². The number of nitrogens with zero attached hydrogens (tertiary/aromatic N) is 3. The van der Waals surface area contributed by atoms with Crippen LogP contribution >= 0.6 is 0 Å². The molecule has 1 aliphatic rings. The van der Waals surface area contributed by atoms with E-state index in [1.807, 2.05) is 0 Å². The molecule has 0 unspecified atom stereocenters. The second-order valence-corrected chi connectivity index (χ2v) is 4.81. The maximum Gasteiger partial charge on any atom is 0.293 e. The number of H-pyrrole nitrogens is 1. The third-order valence-corrected chi connectivity index (χ3v) is 3.46. The topological polar surface area (TPSA) is 104 Å². The fourth-order valence-electron chi connectivity index (χ4n) is 2.19. The van der Waals surface area contributed by atoms with Gasteiger partial charge in [-0.25, -0.2) is 0 Å². The third-order valence-electron chi connectivity index (χ3n) is 3.46. The van der Waals surface area contributed by atoms with Gasteiger partial charge in [0.15, 0.2) is 0 Å². The molecule has 0 atom stereocenters. The second kappa shape index (κ2) is 4.79. The molecular formula is C10H17N5O2. The minimum absolute atomic E-state index is 0.0106. The Bertz CT molecular complexity index is 370. The molecule has 7 nitrogen and oxygen atoms in total. The first-order valence-electron chi connectivity index (χ1n) is 5.82. The monoisotopic (exact) mass is 239 g/mol. The number of nitrogens with one attached hydrogen (secondary N) is 2. The van der Waals surface area contributed by atoms with E-state index >= 15 is 0 Å². The molecule has 2 rings (SSSR count). The predicted octanol–water partition coefficient (Wildman–Crippen LogP) is -0.129. The van der Waals surface area contributed by atoms with Crippen molar-refractivity contribution in [3.8, 4) is 0 Å². The van der Waals surface area contributed by atoms with Crippen molar-refractivity contribution < 1.29 is 9.90 Å². The van der Waals surface area contributed by atoms with Gasteiger partial charge in [0.2, 0.25) is 0 Å². The minimum atomic E-state index is -0.524. The summed E-state index contributed by atoms with van der Waals surface area (Å²) in [4.78, 5) is 11.8. The molecule has 0 saturated heterocycles. The molecule has 0 spiro atoms. The molecule has 1 aromatic heterocycles. The van der Waals surface area contributed by atoms with Crippen LogP contribution in [-0.4, -0.2) is 43.8 Å². The number of aromatic nitrogens is 4. The van der Waals surface area contributed by atoms with Crippen molar-refractivity contribution in [1.82, 2.24) is 25.9 Å². The van der Waals surface area contributed by atoms with E-state index < -0.39 is 5.54 Å². The molecule has 1 amide bonds. The SMILES string of the molecule is CC1CCC(CO)(NC(=O)c2nn[nH]n2)CC1. The van der Waals surface area contributed by atoms with Crippen molar-refractivity contribution in [3.05, 3.63) is 5.82 Å². The lowest BCUT2D eigenvalue weighted by Crippen LogP contribution is -2.53. The molecule has 1 aromatic rings. The van der Waals surface area contributed by atoms with Gasteiger partial charge in [0.05, 0.1) is 12.1 Å². The van der Waals surface area contributed by atoms with Gasteiger partial charge < -0.3 is 10.4 Å². The molecule has 0 aromatic carbocycles. The summed E-state index contributed by atoms with van der Waals surface area (Å²) in [5.74, 6) is 0.274. The van der Waals surface area contributed by atoms with E-state index in [9.17, 15) is 9.90 Å². The molecule has 1 heterocycles. The first-order chi connectivity index (χ1) is 8.15. The molecule has 1 fully saturated rings. The molecule has 0 bridgehead atoms. The van der Waals surface area contributed by atoms with E-state index in [0.717, 1.165) is 25.7 Å². The van der Waals surface area contributed by atoms with E-state index in [1.54, 1.807) is 0 Å². The first-order valence-corrected chi connectivity index (χ1v) is 5.82. The average molecular weight is 239 g/mol. The lowest BCUT2D eigenvalue weighted by molar-refractivity contribution is 0.0708. The molecule has 0 radical (unpaired) electrons. The Labute approximate surface area is 99.0 Å². The van der Waals surface area contributed by atoms with Crippen molar-refractivity contribution in [1.29, 1.82) is 0 Å². The smallest absolute Gasteiger partial charge is 0.293 e. The summed E-state index contributed by atoms with van der Waals surface area (Å²) >= 11 is 0. The largest absolute Gasteiger partial charge is 0.394 e. The highest BCUT2D eigenvalue weighted by Crippen LogP contribution is 2.31. The van der Waals surface area contributed by atoms with E-state index in [4.69, 9.17) is 0 Å². The normalized spacial score (nSPS) is 28.9. The van der Waals surface area contributed by atoms with Crippen molar-refractivity contribution in [3.63, 3.8) is 0 Å². The fraction of sp³-hybridized carbons (Fsp3) is 0.800. The number of hydrogen-bond donors (Lipinski definition) is 3. The zero-order valence-electron chi connectivity index (χ0n) is 9.81. The Kier molecular flexibility index (Phi) is 3.37. The maximum absolute atomic E-state index is 11.8. The zero-order valence-corrected chi connectivity index (χ0v) is 9.81. The summed E-state index contributed by atoms with van der Waals surface area (Å²) in [7, 11) is 0. The molecule has 17 heavy (non-hydrogen) atoms. The van der Waals surface area contributed by atoms with Crippen molar-refractivity contribution in [2.24, 2.45) is 5.92 Å². The average Bonchev–Trinajstić information content (AvgIpc) is 2.86. The van der Waals surface area contributed by atoms with E-state index in [2.05, 4.69) is 32.9 Å². The number of aliphatic hydroxyl groups excluding tert-OH is 1. The summed E-state index contributed by atoms with van der Waals surface area (Å²) in [6.07, 6.45) is 3.59. The number of tetrazole rings is 1. The van der Waals surface area contributed by atoms with Crippen LogP contribution in [0.5, 0.6) is 0 Å². The highest BCUT2D eigenvalue weighted by atomic mass is 16.3. The minimum Gasteiger partial charge on any atom is -0.394 e. The van der Waals surface area contributed by atoms with Gasteiger partial charge in [0.25, 0.3) is 11.7 Å². The third kappa shape index (κ3) is 2.60. The van der Waals surface area contributed by atoms with Crippen LogP contribution in [0.4, 0.5) is 0 Å². The molecule has 1 saturated carbocycles. The van der Waals surface area contributed by atoms with Gasteiger partial charge in [-0.2, -0.15) is 5.21 Å². The summed E-state index contributed by atoms with van der Waals surface area (Å²) in [5.41, 5.74) is -0.524. The number of aliphatic hydroxyl groups is 1. The number of hydrogen-bond acceptors (Lipinski definition) is 5. The summed E-state index contributed by atoms with van der Waals surface area (Å²) in [5, 5.41) is 25.1. The van der Waals surface area contributed by atoms with Crippen LogP contribution in [0.3, 0.4) is 0 Å². The molecular weight excluding hydrogens is 222 g/mol. The van der Waals surface area contributed by atoms with Gasteiger partial charge >= 0.3 is 0 Å². The van der Waals surface area contributed by atoms with Crippen LogP contribution in [0, 0.1) is 5.92 Å². The molecule has 3 N–H and O–H groups in total. The van der Waals surface area contributed by atoms with Crippen LogP contribution in [-0.2, 0) is 0 Å². The molecule has 1 aliphatic carbocycles. The molecule has 7 heteroatoms. The van der Waals surface area contributed by atoms with Crippen molar-refractivity contribution >= 4 is 5.91 Å². The van der Waals surface area contributed by atoms with Crippen LogP contribution in [0.1, 0.15) is 43.2 Å². The van der Waals surface area contributed by atoms with Crippen LogP contribution in [0.25, 0.3) is 0 Å². The Balaban J connectivity index is 2.02. The van der Waals surface area contributed by atoms with Gasteiger partial charge in [0.1, 0.15) is 0 Å². The summed E-state index contributed by atoms with van der Waals surface area (Å²) in [6.45, 7) is 2.13. The Morgan fingerprint density at radius 3 is 2.82 bits per heavy atom. The quantitative estimate of drug-likeness (QED) is 0.681. The van der Waals surface area contributed by atoms with Gasteiger partial charge in [-0.05, 0) is 36.8 Å². The predicted molar refractivity (Wildman–Crippen MR) is 59.1 cm³/mol. The number of amides is 1. The fourth-order valence-corrected chi connectivity index (χ4v) is 2.19. The number of carbonyl (C=O) groups excluding carboxylic acids is 1. The number of aromatic amines is 1. The van der Waals surface area contributed by atoms with Crippen molar-refractivity contribution in [2.75, 3.05) is 6.61 Å². The van der Waals surface area contributed by atoms with E-state index in [0.29, 0.717) is 5.92 Å². The maximum atomic E-state index is 11.8. The van der Waals surface area contributed by atoms with E-state index in [-0.39, 0.29) is 18.3 Å². The highest BCUT2D eigenvalue weighted by molar-refractivity contribution is 5.90. The van der Waals surface area contributed by atoms with Crippen molar-refractivity contribution in [2.45, 2.75) is 38.1 Å². The Morgan fingerprint density at radius 2 is 2.29 bits per heavy atom. The number of rotatable bonds is 3. The summed E-state index contributed by atoms with van der Waals surface area (Å²) < 4.78 is 0. The van der Waals surface area contributed by atoms with Gasteiger partial charge in [-0.15, -0.1) is 10.2 Å². The Morgan fingerprint density at radius 1 is 1.59 bits per heavy atom. The summed E-state index contributed by atoms with van der Waals surface area (Å²) in [6, 6.07) is 0. The van der Waals surface area contributed by atoms with Crippen LogP contribution in [0.2, 0.25) is 0 Å².